The summed E-state index contributed by atoms with van der Waals surface area (Å²) in [5, 5.41) is 0. The molecule has 0 radical (unpaired) electrons. The maximum absolute atomic E-state index is 12.8. The van der Waals surface area contributed by atoms with Crippen LogP contribution in [0, 0.1) is 20.8 Å². The highest BCUT2D eigenvalue weighted by Crippen LogP contribution is 2.22. The molecule has 0 bridgehead atoms. The first kappa shape index (κ1) is 16.5. The summed E-state index contributed by atoms with van der Waals surface area (Å²) in [6.07, 6.45) is -0.344. The minimum absolute atomic E-state index is 0.123. The van der Waals surface area contributed by atoms with Crippen LogP contribution in [-0.4, -0.2) is 11.9 Å². The van der Waals surface area contributed by atoms with Crippen molar-refractivity contribution in [3.05, 3.63) is 70.3 Å². The highest BCUT2D eigenvalue weighted by Gasteiger charge is 2.24. The molecular weight excluding hydrogens is 295 g/mol. The molecule has 1 atom stereocenters. The van der Waals surface area contributed by atoms with E-state index in [-0.39, 0.29) is 5.78 Å². The molecule has 0 aliphatic rings. The van der Waals surface area contributed by atoms with E-state index in [1.807, 2.05) is 63.2 Å². The Balaban J connectivity index is 2.32. The highest BCUT2D eigenvalue weighted by atomic mass is 31.1. The fourth-order valence-electron chi connectivity index (χ4n) is 2.79. The lowest BCUT2D eigenvalue weighted by Crippen LogP contribution is -2.25. The molecule has 2 aromatic carbocycles. The van der Waals surface area contributed by atoms with Crippen LogP contribution in [0.1, 0.15) is 32.6 Å². The maximum atomic E-state index is 12.8. The standard InChI is InChI=1S/C18H19O3P/c1-12-9-13(2)17(14(3)10-12)18(19)16(21-22-20)11-15-7-5-4-6-8-15/h4-10,16H,11H2,1-3H3. The Kier molecular flexibility index (Phi) is 5.59. The second kappa shape index (κ2) is 7.44. The number of rotatable bonds is 6. The molecule has 0 amide bonds. The zero-order chi connectivity index (χ0) is 16.1. The van der Waals surface area contributed by atoms with Crippen LogP contribution in [0.15, 0.2) is 42.5 Å². The summed E-state index contributed by atoms with van der Waals surface area (Å²) >= 11 is 0. The molecule has 0 aliphatic carbocycles. The highest BCUT2D eigenvalue weighted by molar-refractivity contribution is 7.17. The van der Waals surface area contributed by atoms with Crippen LogP contribution in [0.2, 0.25) is 0 Å². The quantitative estimate of drug-likeness (QED) is 0.577. The van der Waals surface area contributed by atoms with E-state index < -0.39 is 14.8 Å². The van der Waals surface area contributed by atoms with Crippen LogP contribution >= 0.6 is 8.69 Å². The summed E-state index contributed by atoms with van der Waals surface area (Å²) in [7, 11) is -0.478. The Morgan fingerprint density at radius 3 is 2.23 bits per heavy atom. The number of Topliss-reactive ketones (excluding diaryl/α,β-unsaturated/α-hetero) is 1. The molecule has 0 fully saturated rings. The largest absolute Gasteiger partial charge is 0.328 e. The molecule has 114 valence electrons. The van der Waals surface area contributed by atoms with Crippen molar-refractivity contribution in [1.82, 2.24) is 0 Å². The average molecular weight is 314 g/mol. The van der Waals surface area contributed by atoms with E-state index in [9.17, 15) is 9.36 Å². The lowest BCUT2D eigenvalue weighted by molar-refractivity contribution is 0.0811. The summed E-state index contributed by atoms with van der Waals surface area (Å²) < 4.78 is 16.1. The first-order valence-corrected chi connectivity index (χ1v) is 7.90. The molecule has 0 heterocycles. The van der Waals surface area contributed by atoms with Gasteiger partial charge in [0, 0.05) is 12.0 Å². The molecule has 3 nitrogen and oxygen atoms in total. The second-order valence-electron chi connectivity index (χ2n) is 5.50. The van der Waals surface area contributed by atoms with Gasteiger partial charge in [0.2, 0.25) is 0 Å². The lowest BCUT2D eigenvalue weighted by atomic mass is 9.92. The van der Waals surface area contributed by atoms with E-state index in [4.69, 9.17) is 4.52 Å². The van der Waals surface area contributed by atoms with Crippen LogP contribution in [0.25, 0.3) is 0 Å². The SMILES string of the molecule is Cc1cc(C)c(C(=O)C(Cc2ccccc2)OP=O)c(C)c1. The maximum Gasteiger partial charge on any atom is 0.328 e. The van der Waals surface area contributed by atoms with Gasteiger partial charge in [-0.05, 0) is 37.5 Å². The Morgan fingerprint density at radius 1 is 1.09 bits per heavy atom. The third kappa shape index (κ3) is 3.88. The zero-order valence-electron chi connectivity index (χ0n) is 13.0. The van der Waals surface area contributed by atoms with Crippen molar-refractivity contribution >= 4 is 14.5 Å². The van der Waals surface area contributed by atoms with Crippen molar-refractivity contribution in [1.29, 1.82) is 0 Å². The number of aryl methyl sites for hydroxylation is 3. The van der Waals surface area contributed by atoms with Crippen LogP contribution in [0.5, 0.6) is 0 Å². The Labute approximate surface area is 132 Å². The predicted molar refractivity (Wildman–Crippen MR) is 87.6 cm³/mol. The minimum Gasteiger partial charge on any atom is -0.291 e. The summed E-state index contributed by atoms with van der Waals surface area (Å²) in [4.78, 5) is 12.8. The monoisotopic (exact) mass is 314 g/mol. The van der Waals surface area contributed by atoms with Crippen molar-refractivity contribution in [3.8, 4) is 0 Å². The summed E-state index contributed by atoms with van der Waals surface area (Å²) in [5.74, 6) is -0.123. The number of ketones is 1. The topological polar surface area (TPSA) is 43.4 Å². The van der Waals surface area contributed by atoms with Crippen molar-refractivity contribution in [2.75, 3.05) is 0 Å². The molecule has 0 saturated heterocycles. The van der Waals surface area contributed by atoms with Gasteiger partial charge in [0.1, 0.15) is 6.10 Å². The van der Waals surface area contributed by atoms with Crippen LogP contribution in [0.4, 0.5) is 0 Å². The number of carbonyl (C=O) groups is 1. The van der Waals surface area contributed by atoms with E-state index in [2.05, 4.69) is 0 Å². The molecule has 0 spiro atoms. The second-order valence-corrected chi connectivity index (χ2v) is 5.86. The third-order valence-corrected chi connectivity index (χ3v) is 3.99. The van der Waals surface area contributed by atoms with Crippen LogP contribution < -0.4 is 0 Å². The molecule has 0 aromatic heterocycles. The first-order chi connectivity index (χ1) is 10.5. The lowest BCUT2D eigenvalue weighted by Gasteiger charge is -2.16. The van der Waals surface area contributed by atoms with Gasteiger partial charge >= 0.3 is 8.69 Å². The summed E-state index contributed by atoms with van der Waals surface area (Å²) in [5.41, 5.74) is 4.61. The number of hydrogen-bond donors (Lipinski definition) is 0. The Hall–Kier alpha value is -1.83. The smallest absolute Gasteiger partial charge is 0.291 e. The van der Waals surface area contributed by atoms with E-state index >= 15 is 0 Å². The normalized spacial score (nSPS) is 12.3. The molecule has 2 rings (SSSR count). The van der Waals surface area contributed by atoms with Gasteiger partial charge in [0.25, 0.3) is 0 Å². The average Bonchev–Trinajstić information content (AvgIpc) is 2.46. The van der Waals surface area contributed by atoms with E-state index in [0.717, 1.165) is 22.3 Å². The fourth-order valence-corrected chi connectivity index (χ4v) is 3.06. The van der Waals surface area contributed by atoms with Crippen molar-refractivity contribution in [3.63, 3.8) is 0 Å². The molecule has 0 aliphatic heterocycles. The van der Waals surface area contributed by atoms with Gasteiger partial charge in [0.15, 0.2) is 5.78 Å². The van der Waals surface area contributed by atoms with Gasteiger partial charge in [-0.25, -0.2) is 4.57 Å². The first-order valence-electron chi connectivity index (χ1n) is 7.17. The molecule has 0 saturated carbocycles. The van der Waals surface area contributed by atoms with Gasteiger partial charge in [0.05, 0.1) is 0 Å². The number of benzene rings is 2. The number of hydrogen-bond acceptors (Lipinski definition) is 3. The van der Waals surface area contributed by atoms with Crippen molar-refractivity contribution in [2.24, 2.45) is 0 Å². The molecule has 2 aromatic rings. The Morgan fingerprint density at radius 2 is 1.68 bits per heavy atom. The summed E-state index contributed by atoms with van der Waals surface area (Å²) in [6, 6.07) is 13.6. The van der Waals surface area contributed by atoms with Gasteiger partial charge in [-0.2, -0.15) is 0 Å². The zero-order valence-corrected chi connectivity index (χ0v) is 13.9. The van der Waals surface area contributed by atoms with E-state index in [1.54, 1.807) is 0 Å². The van der Waals surface area contributed by atoms with Crippen LogP contribution in [0.3, 0.4) is 0 Å². The van der Waals surface area contributed by atoms with Crippen molar-refractivity contribution in [2.45, 2.75) is 33.3 Å². The van der Waals surface area contributed by atoms with Gasteiger partial charge in [-0.15, -0.1) is 0 Å². The van der Waals surface area contributed by atoms with E-state index in [1.165, 1.54) is 0 Å². The molecule has 4 heteroatoms. The van der Waals surface area contributed by atoms with Gasteiger partial charge in [-0.1, -0.05) is 48.0 Å². The van der Waals surface area contributed by atoms with E-state index in [0.29, 0.717) is 12.0 Å². The molecule has 22 heavy (non-hydrogen) atoms. The molecular formula is C18H19O3P. The molecule has 0 N–H and O–H groups in total. The van der Waals surface area contributed by atoms with Gasteiger partial charge in [-0.3, -0.25) is 9.32 Å². The Bertz CT molecular complexity index is 657. The van der Waals surface area contributed by atoms with Crippen LogP contribution in [-0.2, 0) is 15.5 Å². The molecule has 1 unspecified atom stereocenters. The predicted octanol–water partition coefficient (Wildman–Crippen LogP) is 4.63. The number of carbonyl (C=O) groups excluding carboxylic acids is 1. The fraction of sp³-hybridized carbons (Fsp3) is 0.278. The van der Waals surface area contributed by atoms with Crippen molar-refractivity contribution < 1.29 is 13.9 Å². The minimum atomic E-state index is -0.748. The van der Waals surface area contributed by atoms with Gasteiger partial charge < -0.3 is 0 Å². The third-order valence-electron chi connectivity index (χ3n) is 3.65. The summed E-state index contributed by atoms with van der Waals surface area (Å²) in [6.45, 7) is 5.84.